The molecule has 3 heterocycles. The van der Waals surface area contributed by atoms with E-state index in [0.717, 1.165) is 45.7 Å². The lowest BCUT2D eigenvalue weighted by Crippen LogP contribution is -2.58. The first-order valence-electron chi connectivity index (χ1n) is 13.9. The number of hydrogen-bond acceptors (Lipinski definition) is 7. The highest BCUT2D eigenvalue weighted by Crippen LogP contribution is 2.50. The van der Waals surface area contributed by atoms with Crippen LogP contribution in [0.4, 0.5) is 5.95 Å². The van der Waals surface area contributed by atoms with Crippen molar-refractivity contribution in [2.24, 2.45) is 7.05 Å². The minimum atomic E-state index is -0.416. The van der Waals surface area contributed by atoms with Crippen molar-refractivity contribution in [2.75, 3.05) is 17.8 Å². The molecule has 2 aromatic carbocycles. The third-order valence-electron chi connectivity index (χ3n) is 7.36. The number of rotatable bonds is 8. The van der Waals surface area contributed by atoms with Gasteiger partial charge in [0.2, 0.25) is 17.7 Å². The summed E-state index contributed by atoms with van der Waals surface area (Å²) in [4.78, 5) is 25.6. The van der Waals surface area contributed by atoms with Gasteiger partial charge in [-0.1, -0.05) is 55.8 Å². The van der Waals surface area contributed by atoms with Crippen LogP contribution in [0.5, 0.6) is 5.88 Å². The number of nitrogens with one attached hydrogen (secondary N) is 1. The number of carbonyl (C=O) groups is 1. The van der Waals surface area contributed by atoms with Gasteiger partial charge in [-0.3, -0.25) is 14.2 Å². The normalized spacial score (nSPS) is 15.4. The molecular formula is C31H35ClN6O2S. The molecule has 1 aliphatic heterocycles. The third-order valence-corrected chi connectivity index (χ3v) is 8.34. The SMILES string of the molecule is CC.Cc1cccc(C)c1-c1cc(OC2CN(C(=O)C3(c4ccc(Cl)cc4)CC3)C2)nc(NSc2cnn(C)c2)n1. The van der Waals surface area contributed by atoms with Gasteiger partial charge < -0.3 is 9.64 Å². The van der Waals surface area contributed by atoms with Crippen molar-refractivity contribution in [1.29, 1.82) is 0 Å². The molecule has 2 aliphatic rings. The molecule has 1 saturated carbocycles. The van der Waals surface area contributed by atoms with Gasteiger partial charge in [-0.2, -0.15) is 10.1 Å². The monoisotopic (exact) mass is 590 g/mol. The van der Waals surface area contributed by atoms with Crippen molar-refractivity contribution < 1.29 is 9.53 Å². The molecule has 1 N–H and O–H groups in total. The Morgan fingerprint density at radius 1 is 1.07 bits per heavy atom. The average Bonchev–Trinajstić information content (AvgIpc) is 3.65. The van der Waals surface area contributed by atoms with E-state index >= 15 is 0 Å². The number of likely N-dealkylation sites (tertiary alicyclic amines) is 1. The molecule has 1 amide bonds. The molecule has 0 radical (unpaired) electrons. The molecule has 0 unspecified atom stereocenters. The van der Waals surface area contributed by atoms with E-state index in [4.69, 9.17) is 21.3 Å². The molecule has 8 nitrogen and oxygen atoms in total. The van der Waals surface area contributed by atoms with Crippen LogP contribution in [0.25, 0.3) is 11.3 Å². The summed E-state index contributed by atoms with van der Waals surface area (Å²) in [7, 11) is 1.88. The summed E-state index contributed by atoms with van der Waals surface area (Å²) in [5.41, 5.74) is 4.73. The van der Waals surface area contributed by atoms with Gasteiger partial charge >= 0.3 is 0 Å². The fourth-order valence-electron chi connectivity index (χ4n) is 5.11. The summed E-state index contributed by atoms with van der Waals surface area (Å²) in [6, 6.07) is 15.7. The fourth-order valence-corrected chi connectivity index (χ4v) is 5.84. The molecular weight excluding hydrogens is 556 g/mol. The first-order valence-corrected chi connectivity index (χ1v) is 15.1. The second-order valence-corrected chi connectivity index (χ2v) is 11.6. The van der Waals surface area contributed by atoms with E-state index in [9.17, 15) is 4.79 Å². The number of halogens is 1. The van der Waals surface area contributed by atoms with Gasteiger partial charge in [-0.15, -0.1) is 0 Å². The Morgan fingerprint density at radius 2 is 1.76 bits per heavy atom. The van der Waals surface area contributed by atoms with Gasteiger partial charge in [-0.25, -0.2) is 4.98 Å². The van der Waals surface area contributed by atoms with Gasteiger partial charge in [0, 0.05) is 29.9 Å². The summed E-state index contributed by atoms with van der Waals surface area (Å²) >= 11 is 7.45. The highest BCUT2D eigenvalue weighted by Gasteiger charge is 2.55. The van der Waals surface area contributed by atoms with Gasteiger partial charge in [0.1, 0.15) is 6.10 Å². The number of nitrogens with zero attached hydrogens (tertiary/aromatic N) is 5. The van der Waals surface area contributed by atoms with Crippen LogP contribution in [0.1, 0.15) is 43.4 Å². The van der Waals surface area contributed by atoms with Crippen molar-refractivity contribution >= 4 is 35.4 Å². The lowest BCUT2D eigenvalue weighted by molar-refractivity contribution is -0.143. The zero-order chi connectivity index (χ0) is 29.1. The molecule has 6 rings (SSSR count). The van der Waals surface area contributed by atoms with Crippen LogP contribution in [0.3, 0.4) is 0 Å². The largest absolute Gasteiger partial charge is 0.470 e. The highest BCUT2D eigenvalue weighted by molar-refractivity contribution is 8.00. The molecule has 214 valence electrons. The summed E-state index contributed by atoms with van der Waals surface area (Å²) in [6.07, 6.45) is 5.30. The van der Waals surface area contributed by atoms with Crippen LogP contribution >= 0.6 is 23.5 Å². The zero-order valence-electron chi connectivity index (χ0n) is 24.0. The maximum Gasteiger partial charge on any atom is 0.237 e. The molecule has 4 aromatic rings. The molecule has 10 heteroatoms. The minimum Gasteiger partial charge on any atom is -0.470 e. The number of amides is 1. The van der Waals surface area contributed by atoms with Gasteiger partial charge in [-0.05, 0) is 67.5 Å². The van der Waals surface area contributed by atoms with Crippen LogP contribution < -0.4 is 9.46 Å². The van der Waals surface area contributed by atoms with Crippen LogP contribution in [0.2, 0.25) is 5.02 Å². The molecule has 1 aliphatic carbocycles. The Hall–Kier alpha value is -3.56. The van der Waals surface area contributed by atoms with Crippen molar-refractivity contribution in [2.45, 2.75) is 57.0 Å². The number of anilines is 1. The number of aryl methyl sites for hydroxylation is 3. The summed E-state index contributed by atoms with van der Waals surface area (Å²) in [5, 5.41) is 4.89. The highest BCUT2D eigenvalue weighted by atomic mass is 35.5. The maximum atomic E-state index is 13.4. The van der Waals surface area contributed by atoms with Crippen LogP contribution in [0.15, 0.2) is 65.8 Å². The predicted molar refractivity (Wildman–Crippen MR) is 164 cm³/mol. The van der Waals surface area contributed by atoms with Crippen molar-refractivity contribution in [3.8, 4) is 17.1 Å². The topological polar surface area (TPSA) is 85.2 Å². The first-order chi connectivity index (χ1) is 19.8. The Bertz CT molecular complexity index is 1510. The molecule has 0 spiro atoms. The zero-order valence-corrected chi connectivity index (χ0v) is 25.6. The number of aromatic nitrogens is 4. The Balaban J connectivity index is 0.00000165. The van der Waals surface area contributed by atoms with Crippen molar-refractivity contribution in [3.05, 3.63) is 82.6 Å². The van der Waals surface area contributed by atoms with Crippen LogP contribution in [-0.4, -0.2) is 49.7 Å². The van der Waals surface area contributed by atoms with E-state index in [1.165, 1.54) is 11.9 Å². The van der Waals surface area contributed by atoms with E-state index in [1.807, 2.05) is 68.4 Å². The van der Waals surface area contributed by atoms with Gasteiger partial charge in [0.25, 0.3) is 0 Å². The fraction of sp³-hybridized carbons (Fsp3) is 0.355. The molecule has 2 aromatic heterocycles. The molecule has 0 bridgehead atoms. The summed E-state index contributed by atoms with van der Waals surface area (Å²) < 4.78 is 11.3. The Kier molecular flexibility index (Phi) is 8.56. The van der Waals surface area contributed by atoms with E-state index in [1.54, 1.807) is 10.9 Å². The maximum absolute atomic E-state index is 13.4. The van der Waals surface area contributed by atoms with Gasteiger partial charge in [0.15, 0.2) is 0 Å². The minimum absolute atomic E-state index is 0.130. The molecule has 1 saturated heterocycles. The third kappa shape index (κ3) is 6.21. The predicted octanol–water partition coefficient (Wildman–Crippen LogP) is 6.61. The van der Waals surface area contributed by atoms with E-state index in [0.29, 0.717) is 29.9 Å². The quantitative estimate of drug-likeness (QED) is 0.231. The van der Waals surface area contributed by atoms with E-state index in [2.05, 4.69) is 40.8 Å². The van der Waals surface area contributed by atoms with Crippen LogP contribution in [0, 0.1) is 13.8 Å². The number of ether oxygens (including phenoxy) is 1. The number of hydrogen-bond donors (Lipinski definition) is 1. The van der Waals surface area contributed by atoms with Gasteiger partial charge in [0.05, 0.1) is 35.3 Å². The molecule has 0 atom stereocenters. The smallest absolute Gasteiger partial charge is 0.237 e. The molecule has 2 fully saturated rings. The van der Waals surface area contributed by atoms with E-state index < -0.39 is 5.41 Å². The number of benzene rings is 2. The Labute approximate surface area is 250 Å². The van der Waals surface area contributed by atoms with Crippen LogP contribution in [-0.2, 0) is 17.3 Å². The van der Waals surface area contributed by atoms with E-state index in [-0.39, 0.29) is 12.0 Å². The lowest BCUT2D eigenvalue weighted by atomic mass is 9.93. The second kappa shape index (κ2) is 12.1. The number of carbonyl (C=O) groups excluding carboxylic acids is 1. The summed E-state index contributed by atoms with van der Waals surface area (Å²) in [5.74, 6) is 1.10. The first kappa shape index (κ1) is 29.0. The Morgan fingerprint density at radius 3 is 2.37 bits per heavy atom. The average molecular weight is 591 g/mol. The molecule has 41 heavy (non-hydrogen) atoms. The standard InChI is InChI=1S/C29H29ClN6O2S.C2H6/c1-18-5-4-6-19(2)26(18)24-13-25(33-28(32-24)34-39-23-14-31-35(3)17-23)38-22-15-36(16-22)27(37)29(11-12-29)20-7-9-21(30)10-8-20;1-2/h4-10,13-14,17,22H,11-12,15-16H2,1-3H3,(H,32,33,34);1-2H3. The summed E-state index contributed by atoms with van der Waals surface area (Å²) in [6.45, 7) is 9.22. The van der Waals surface area contributed by atoms with Crippen molar-refractivity contribution in [3.63, 3.8) is 0 Å². The lowest BCUT2D eigenvalue weighted by Gasteiger charge is -2.40. The van der Waals surface area contributed by atoms with Crippen molar-refractivity contribution in [1.82, 2.24) is 24.6 Å². The second-order valence-electron chi connectivity index (χ2n) is 10.3.